The second-order valence-corrected chi connectivity index (χ2v) is 4.16. The van der Waals surface area contributed by atoms with Gasteiger partial charge in [0, 0.05) is 6.16 Å². The summed E-state index contributed by atoms with van der Waals surface area (Å²) in [4.78, 5) is 0. The van der Waals surface area contributed by atoms with Crippen molar-refractivity contribution in [2.24, 2.45) is 5.73 Å². The van der Waals surface area contributed by atoms with Crippen molar-refractivity contribution in [2.75, 3.05) is 12.8 Å². The Morgan fingerprint density at radius 1 is 1.64 bits per heavy atom. The zero-order chi connectivity index (χ0) is 8.91. The molecule has 6 heteroatoms. The van der Waals surface area contributed by atoms with E-state index in [9.17, 15) is 4.57 Å². The van der Waals surface area contributed by atoms with Gasteiger partial charge in [-0.25, -0.2) is 0 Å². The van der Waals surface area contributed by atoms with Crippen molar-refractivity contribution in [3.63, 3.8) is 0 Å². The molecule has 0 saturated carbocycles. The van der Waals surface area contributed by atoms with Crippen LogP contribution < -0.4 is 5.73 Å². The third-order valence-electron chi connectivity index (χ3n) is 0.982. The number of hydrogen-bond acceptors (Lipinski definition) is 5. The van der Waals surface area contributed by atoms with Gasteiger partial charge in [-0.3, -0.25) is 14.8 Å². The Kier molecular flexibility index (Phi) is 4.88. The fourth-order valence-corrected chi connectivity index (χ4v) is 1.67. The molecule has 2 unspecified atom stereocenters. The third-order valence-corrected chi connectivity index (χ3v) is 2.95. The lowest BCUT2D eigenvalue weighted by Crippen LogP contribution is -2.22. The maximum atomic E-state index is 11.3. The van der Waals surface area contributed by atoms with E-state index in [0.29, 0.717) is 0 Å². The lowest BCUT2D eigenvalue weighted by molar-refractivity contribution is -0.0219. The molecule has 5 nitrogen and oxygen atoms in total. The van der Waals surface area contributed by atoms with Crippen molar-refractivity contribution in [3.05, 3.63) is 0 Å². The maximum Gasteiger partial charge on any atom is 0.333 e. The van der Waals surface area contributed by atoms with Crippen molar-refractivity contribution in [3.8, 4) is 0 Å². The van der Waals surface area contributed by atoms with E-state index < -0.39 is 14.0 Å². The van der Waals surface area contributed by atoms with Crippen LogP contribution in [0.4, 0.5) is 0 Å². The van der Waals surface area contributed by atoms with Gasteiger partial charge in [-0.05, 0) is 6.92 Å². The average Bonchev–Trinajstić information content (AvgIpc) is 1.87. The fourth-order valence-electron chi connectivity index (χ4n) is 0.557. The molecule has 0 amide bonds. The minimum Gasteiger partial charge on any atom is -0.356 e. The molecule has 0 aliphatic carbocycles. The van der Waals surface area contributed by atoms with Crippen LogP contribution in [-0.4, -0.2) is 24.3 Å². The lowest BCUT2D eigenvalue weighted by Gasteiger charge is -2.16. The van der Waals surface area contributed by atoms with E-state index in [1.165, 1.54) is 0 Å². The summed E-state index contributed by atoms with van der Waals surface area (Å²) in [5, 5.41) is 8.55. The van der Waals surface area contributed by atoms with E-state index in [1.54, 1.807) is 13.8 Å². The minimum absolute atomic E-state index is 0.203. The van der Waals surface area contributed by atoms with E-state index in [4.69, 9.17) is 15.4 Å². The van der Waals surface area contributed by atoms with E-state index in [1.807, 2.05) is 0 Å². The highest BCUT2D eigenvalue weighted by atomic mass is 31.2. The van der Waals surface area contributed by atoms with Gasteiger partial charge in [0.2, 0.25) is 6.41 Å². The lowest BCUT2D eigenvalue weighted by atomic mass is 10.9. The van der Waals surface area contributed by atoms with Gasteiger partial charge in [-0.1, -0.05) is 6.92 Å². The Hall–Kier alpha value is 0.0700. The quantitative estimate of drug-likeness (QED) is 0.478. The van der Waals surface area contributed by atoms with E-state index in [0.717, 1.165) is 0 Å². The Balaban J connectivity index is 4.00. The predicted molar refractivity (Wildman–Crippen MR) is 41.1 cm³/mol. The van der Waals surface area contributed by atoms with Gasteiger partial charge in [-0.15, -0.1) is 0 Å². The molecule has 0 aliphatic heterocycles. The zero-order valence-corrected chi connectivity index (χ0v) is 7.58. The molecule has 0 spiro atoms. The molecule has 0 heterocycles. The number of hydrogen-bond donors (Lipinski definition) is 2. The summed E-state index contributed by atoms with van der Waals surface area (Å²) in [5.41, 5.74) is 4.87. The van der Waals surface area contributed by atoms with Gasteiger partial charge in [0.25, 0.3) is 0 Å². The zero-order valence-electron chi connectivity index (χ0n) is 6.69. The van der Waals surface area contributed by atoms with E-state index in [2.05, 4.69) is 4.52 Å². The molecule has 0 aliphatic rings. The van der Waals surface area contributed by atoms with Crippen molar-refractivity contribution >= 4 is 7.60 Å². The number of nitrogens with two attached hydrogens (primary N) is 1. The Morgan fingerprint density at radius 3 is 2.45 bits per heavy atom. The molecule has 2 atom stereocenters. The number of aliphatic hydroxyl groups is 1. The van der Waals surface area contributed by atoms with Crippen LogP contribution in [0, 0.1) is 0 Å². The van der Waals surface area contributed by atoms with Crippen molar-refractivity contribution in [2.45, 2.75) is 20.3 Å². The fraction of sp³-hybridized carbons (Fsp3) is 1.00. The van der Waals surface area contributed by atoms with Gasteiger partial charge in [0.05, 0.1) is 6.61 Å². The van der Waals surface area contributed by atoms with Crippen molar-refractivity contribution in [1.29, 1.82) is 0 Å². The van der Waals surface area contributed by atoms with Gasteiger partial charge in [0.1, 0.15) is 0 Å². The molecule has 0 radical (unpaired) electrons. The van der Waals surface area contributed by atoms with Crippen molar-refractivity contribution < 1.29 is 18.7 Å². The van der Waals surface area contributed by atoms with Crippen LogP contribution in [0.15, 0.2) is 0 Å². The van der Waals surface area contributed by atoms with Crippen LogP contribution in [0.2, 0.25) is 0 Å². The second-order valence-electron chi connectivity index (χ2n) is 1.84. The first-order valence-corrected chi connectivity index (χ1v) is 5.12. The van der Waals surface area contributed by atoms with Crippen LogP contribution in [-0.2, 0) is 13.6 Å². The summed E-state index contributed by atoms with van der Waals surface area (Å²) in [6, 6.07) is 0. The van der Waals surface area contributed by atoms with Crippen LogP contribution in [0.25, 0.3) is 0 Å². The number of aliphatic hydroxyl groups excluding tert-OH is 1. The Labute approximate surface area is 66.0 Å². The molecule has 0 aromatic carbocycles. The largest absolute Gasteiger partial charge is 0.356 e. The maximum absolute atomic E-state index is 11.3. The highest BCUT2D eigenvalue weighted by Gasteiger charge is 2.23. The SMILES string of the molecule is CCOP(=O)(CC)OC(N)O. The van der Waals surface area contributed by atoms with Gasteiger partial charge >= 0.3 is 7.60 Å². The molecule has 0 saturated heterocycles. The molecule has 0 bridgehead atoms. The molecule has 0 fully saturated rings. The van der Waals surface area contributed by atoms with E-state index >= 15 is 0 Å². The minimum atomic E-state index is -3.13. The van der Waals surface area contributed by atoms with Crippen molar-refractivity contribution in [1.82, 2.24) is 0 Å². The molecule has 0 aromatic rings. The predicted octanol–water partition coefficient (Wildman–Crippen LogP) is 0.487. The summed E-state index contributed by atoms with van der Waals surface area (Å²) in [6.45, 7) is 3.60. The summed E-state index contributed by atoms with van der Waals surface area (Å²) in [7, 11) is -3.13. The summed E-state index contributed by atoms with van der Waals surface area (Å²) in [5.74, 6) is 0. The second kappa shape index (κ2) is 4.85. The first kappa shape index (κ1) is 11.1. The summed E-state index contributed by atoms with van der Waals surface area (Å²) < 4.78 is 20.6. The first-order chi connectivity index (χ1) is 5.04. The molecule has 0 rings (SSSR count). The van der Waals surface area contributed by atoms with Crippen LogP contribution in [0.1, 0.15) is 13.8 Å². The van der Waals surface area contributed by atoms with Crippen LogP contribution in [0.5, 0.6) is 0 Å². The highest BCUT2D eigenvalue weighted by Crippen LogP contribution is 2.47. The Bertz CT molecular complexity index is 149. The molecular formula is C5H14NO4P. The first-order valence-electron chi connectivity index (χ1n) is 3.39. The smallest absolute Gasteiger partial charge is 0.333 e. The Morgan fingerprint density at radius 2 is 2.18 bits per heavy atom. The van der Waals surface area contributed by atoms with Gasteiger partial charge < -0.3 is 9.63 Å². The number of rotatable bonds is 5. The van der Waals surface area contributed by atoms with Crippen LogP contribution >= 0.6 is 7.60 Å². The highest BCUT2D eigenvalue weighted by molar-refractivity contribution is 7.53. The van der Waals surface area contributed by atoms with Gasteiger partial charge in [-0.2, -0.15) is 0 Å². The standard InChI is InChI=1S/C5H14NO4P/c1-3-9-11(8,4-2)10-5(6)7/h5,7H,3-4,6H2,1-2H3. The average molecular weight is 183 g/mol. The summed E-state index contributed by atoms with van der Waals surface area (Å²) >= 11 is 0. The van der Waals surface area contributed by atoms with Gasteiger partial charge in [0.15, 0.2) is 0 Å². The molecular weight excluding hydrogens is 169 g/mol. The summed E-state index contributed by atoms with van der Waals surface area (Å²) in [6.07, 6.45) is -1.33. The van der Waals surface area contributed by atoms with E-state index in [-0.39, 0.29) is 12.8 Å². The molecule has 68 valence electrons. The molecule has 0 aromatic heterocycles. The topological polar surface area (TPSA) is 81.8 Å². The third kappa shape index (κ3) is 4.50. The molecule has 11 heavy (non-hydrogen) atoms. The van der Waals surface area contributed by atoms with Crippen LogP contribution in [0.3, 0.4) is 0 Å². The monoisotopic (exact) mass is 183 g/mol. The molecule has 3 N–H and O–H groups in total. The normalized spacial score (nSPS) is 19.3.